The van der Waals surface area contributed by atoms with Gasteiger partial charge in [0.2, 0.25) is 5.91 Å². The molecule has 2 N–H and O–H groups in total. The molecule has 0 atom stereocenters. The van der Waals surface area contributed by atoms with Gasteiger partial charge in [-0.3, -0.25) is 14.9 Å². The van der Waals surface area contributed by atoms with E-state index in [0.717, 1.165) is 21.1 Å². The normalized spacial score (nSPS) is 10.8. The van der Waals surface area contributed by atoms with Gasteiger partial charge in [-0.25, -0.2) is 9.97 Å². The topological polar surface area (TPSA) is 84.0 Å². The van der Waals surface area contributed by atoms with Crippen LogP contribution in [0.15, 0.2) is 54.6 Å². The molecule has 26 heavy (non-hydrogen) atoms. The van der Waals surface area contributed by atoms with Crippen molar-refractivity contribution in [3.05, 3.63) is 60.3 Å². The Hall–Kier alpha value is -3.32. The average molecular weight is 362 g/mol. The van der Waals surface area contributed by atoms with Crippen molar-refractivity contribution in [2.75, 3.05) is 10.6 Å². The highest BCUT2D eigenvalue weighted by atomic mass is 32.1. The molecule has 4 rings (SSSR count). The van der Waals surface area contributed by atoms with Crippen LogP contribution < -0.4 is 10.6 Å². The van der Waals surface area contributed by atoms with Crippen molar-refractivity contribution in [2.24, 2.45) is 0 Å². The van der Waals surface area contributed by atoms with E-state index >= 15 is 0 Å². The van der Waals surface area contributed by atoms with Crippen LogP contribution in [0.2, 0.25) is 0 Å². The summed E-state index contributed by atoms with van der Waals surface area (Å²) in [5.41, 5.74) is 2.56. The predicted molar refractivity (Wildman–Crippen MR) is 104 cm³/mol. The highest BCUT2D eigenvalue weighted by molar-refractivity contribution is 7.22. The number of fused-ring (bicyclic) bond motifs is 2. The third-order valence-corrected chi connectivity index (χ3v) is 4.69. The number of nitrogens with zero attached hydrogens (tertiary/aromatic N) is 2. The fraction of sp³-hybridized carbons (Fsp3) is 0.0526. The van der Waals surface area contributed by atoms with Gasteiger partial charge in [0.1, 0.15) is 5.69 Å². The van der Waals surface area contributed by atoms with Crippen LogP contribution in [-0.2, 0) is 4.79 Å². The number of benzene rings is 2. The van der Waals surface area contributed by atoms with Crippen LogP contribution in [0, 0.1) is 0 Å². The third kappa shape index (κ3) is 3.25. The Morgan fingerprint density at radius 3 is 2.62 bits per heavy atom. The van der Waals surface area contributed by atoms with Gasteiger partial charge < -0.3 is 5.32 Å². The fourth-order valence-corrected chi connectivity index (χ4v) is 3.51. The lowest BCUT2D eigenvalue weighted by molar-refractivity contribution is -0.114. The van der Waals surface area contributed by atoms with Gasteiger partial charge in [-0.1, -0.05) is 35.6 Å². The van der Waals surface area contributed by atoms with E-state index in [9.17, 15) is 9.59 Å². The number of carbonyl (C=O) groups excluding carboxylic acids is 2. The lowest BCUT2D eigenvalue weighted by atomic mass is 10.2. The molecule has 0 radical (unpaired) electrons. The van der Waals surface area contributed by atoms with Gasteiger partial charge in [0.25, 0.3) is 5.91 Å². The van der Waals surface area contributed by atoms with Gasteiger partial charge in [-0.2, -0.15) is 0 Å². The van der Waals surface area contributed by atoms with Crippen LogP contribution >= 0.6 is 11.3 Å². The first kappa shape index (κ1) is 16.2. The van der Waals surface area contributed by atoms with Crippen LogP contribution in [0.1, 0.15) is 17.4 Å². The maximum Gasteiger partial charge on any atom is 0.276 e. The van der Waals surface area contributed by atoms with Crippen molar-refractivity contribution < 1.29 is 9.59 Å². The summed E-state index contributed by atoms with van der Waals surface area (Å²) in [5.74, 6) is -0.443. The van der Waals surface area contributed by atoms with E-state index in [-0.39, 0.29) is 11.8 Å². The highest BCUT2D eigenvalue weighted by Gasteiger charge is 2.12. The van der Waals surface area contributed by atoms with Crippen LogP contribution in [0.4, 0.5) is 10.8 Å². The molecule has 0 saturated carbocycles. The van der Waals surface area contributed by atoms with E-state index < -0.39 is 0 Å². The summed E-state index contributed by atoms with van der Waals surface area (Å²) in [4.78, 5) is 32.4. The van der Waals surface area contributed by atoms with Gasteiger partial charge >= 0.3 is 0 Å². The maximum absolute atomic E-state index is 12.5. The van der Waals surface area contributed by atoms with Crippen LogP contribution in [-0.4, -0.2) is 21.8 Å². The number of amides is 2. The molecule has 128 valence electrons. The summed E-state index contributed by atoms with van der Waals surface area (Å²) in [5, 5.41) is 6.99. The third-order valence-electron chi connectivity index (χ3n) is 3.76. The highest BCUT2D eigenvalue weighted by Crippen LogP contribution is 2.28. The van der Waals surface area contributed by atoms with Gasteiger partial charge in [0, 0.05) is 18.0 Å². The molecule has 0 saturated heterocycles. The molecule has 2 heterocycles. The van der Waals surface area contributed by atoms with E-state index in [1.807, 2.05) is 36.4 Å². The first-order valence-corrected chi connectivity index (χ1v) is 8.75. The Balaban J connectivity index is 1.59. The zero-order valence-corrected chi connectivity index (χ0v) is 14.6. The number of nitrogens with one attached hydrogen (secondary N) is 2. The molecule has 0 spiro atoms. The van der Waals surface area contributed by atoms with E-state index in [4.69, 9.17) is 0 Å². The quantitative estimate of drug-likeness (QED) is 0.576. The minimum absolute atomic E-state index is 0.134. The first-order chi connectivity index (χ1) is 12.6. The predicted octanol–water partition coefficient (Wildman–Crippen LogP) is 4.06. The van der Waals surface area contributed by atoms with Crippen LogP contribution in [0.25, 0.3) is 21.1 Å². The van der Waals surface area contributed by atoms with Crippen molar-refractivity contribution in [3.8, 4) is 0 Å². The Morgan fingerprint density at radius 2 is 1.77 bits per heavy atom. The summed E-state index contributed by atoms with van der Waals surface area (Å²) in [6.07, 6.45) is 0. The summed E-state index contributed by atoms with van der Waals surface area (Å²) in [6, 6.07) is 16.6. The first-order valence-electron chi connectivity index (χ1n) is 7.94. The molecule has 2 amide bonds. The van der Waals surface area contributed by atoms with Crippen molar-refractivity contribution in [1.82, 2.24) is 9.97 Å². The van der Waals surface area contributed by atoms with Gasteiger partial charge in [-0.15, -0.1) is 0 Å². The number of hydrogen-bond donors (Lipinski definition) is 2. The van der Waals surface area contributed by atoms with Crippen molar-refractivity contribution in [1.29, 1.82) is 0 Å². The Labute approximate surface area is 152 Å². The molecule has 0 bridgehead atoms. The standard InChI is InChI=1S/C19H14N4O2S/c1-11(24)20-13-7-9-15-17(10-13)26-19(22-15)23-18(25)16-8-6-12-4-2-3-5-14(12)21-16/h2-10H,1H3,(H,20,24)(H,22,23,25). The number of thiazole rings is 1. The molecule has 6 nitrogen and oxygen atoms in total. The number of rotatable bonds is 3. The molecular formula is C19H14N4O2S. The van der Waals surface area contributed by atoms with Crippen molar-refractivity contribution in [3.63, 3.8) is 0 Å². The number of pyridine rings is 1. The number of aromatic nitrogens is 2. The Bertz CT molecular complexity index is 1150. The molecule has 0 aliphatic heterocycles. The molecule has 7 heteroatoms. The zero-order valence-electron chi connectivity index (χ0n) is 13.8. The second kappa shape index (κ2) is 6.53. The van der Waals surface area contributed by atoms with Gasteiger partial charge in [0.05, 0.1) is 15.7 Å². The minimum Gasteiger partial charge on any atom is -0.326 e. The lowest BCUT2D eigenvalue weighted by Gasteiger charge is -2.02. The molecular weight excluding hydrogens is 348 g/mol. The number of para-hydroxylation sites is 1. The van der Waals surface area contributed by atoms with Gasteiger partial charge in [0.15, 0.2) is 5.13 Å². The summed E-state index contributed by atoms with van der Waals surface area (Å²) >= 11 is 1.34. The van der Waals surface area contributed by atoms with E-state index in [1.54, 1.807) is 18.2 Å². The average Bonchev–Trinajstić information content (AvgIpc) is 3.02. The zero-order chi connectivity index (χ0) is 18.1. The van der Waals surface area contributed by atoms with Crippen LogP contribution in [0.3, 0.4) is 0 Å². The SMILES string of the molecule is CC(=O)Nc1ccc2nc(NC(=O)c3ccc4ccccc4n3)sc2c1. The number of hydrogen-bond acceptors (Lipinski definition) is 5. The minimum atomic E-state index is -0.308. The largest absolute Gasteiger partial charge is 0.326 e. The van der Waals surface area contributed by atoms with E-state index in [0.29, 0.717) is 16.5 Å². The molecule has 4 aromatic rings. The second-order valence-electron chi connectivity index (χ2n) is 5.73. The number of carbonyl (C=O) groups is 2. The van der Waals surface area contributed by atoms with Crippen molar-refractivity contribution >= 4 is 55.1 Å². The fourth-order valence-electron chi connectivity index (χ4n) is 2.61. The molecule has 0 fully saturated rings. The molecule has 0 aliphatic rings. The molecule has 2 aromatic carbocycles. The summed E-state index contributed by atoms with van der Waals surface area (Å²) in [7, 11) is 0. The monoisotopic (exact) mass is 362 g/mol. The van der Waals surface area contributed by atoms with Gasteiger partial charge in [-0.05, 0) is 30.3 Å². The van der Waals surface area contributed by atoms with Crippen molar-refractivity contribution in [2.45, 2.75) is 6.92 Å². The summed E-state index contributed by atoms with van der Waals surface area (Å²) in [6.45, 7) is 1.46. The molecule has 2 aromatic heterocycles. The smallest absolute Gasteiger partial charge is 0.276 e. The lowest BCUT2D eigenvalue weighted by Crippen LogP contribution is -2.13. The molecule has 0 aliphatic carbocycles. The maximum atomic E-state index is 12.5. The molecule has 0 unspecified atom stereocenters. The van der Waals surface area contributed by atoms with Crippen LogP contribution in [0.5, 0.6) is 0 Å². The number of anilines is 2. The van der Waals surface area contributed by atoms with E-state index in [2.05, 4.69) is 20.6 Å². The summed E-state index contributed by atoms with van der Waals surface area (Å²) < 4.78 is 0.873. The Morgan fingerprint density at radius 1 is 0.923 bits per heavy atom. The van der Waals surface area contributed by atoms with E-state index in [1.165, 1.54) is 18.3 Å². The Kier molecular flexibility index (Phi) is 4.06. The second-order valence-corrected chi connectivity index (χ2v) is 6.76.